The van der Waals surface area contributed by atoms with Crippen molar-refractivity contribution in [2.24, 2.45) is 0 Å². The van der Waals surface area contributed by atoms with E-state index in [-0.39, 0.29) is 12.5 Å². The summed E-state index contributed by atoms with van der Waals surface area (Å²) >= 11 is 3.49. The highest BCUT2D eigenvalue weighted by Gasteiger charge is 2.14. The van der Waals surface area contributed by atoms with E-state index in [1.165, 1.54) is 11.1 Å². The van der Waals surface area contributed by atoms with Crippen LogP contribution in [0.5, 0.6) is 5.75 Å². The number of benzene rings is 2. The fraction of sp³-hybridized carbons (Fsp3) is 0.250. The summed E-state index contributed by atoms with van der Waals surface area (Å²) in [5, 5.41) is 9.29. The van der Waals surface area contributed by atoms with Gasteiger partial charge in [0.25, 0.3) is 0 Å². The third-order valence-corrected chi connectivity index (χ3v) is 3.68. The van der Waals surface area contributed by atoms with E-state index in [9.17, 15) is 5.11 Å². The Morgan fingerprint density at radius 3 is 2.42 bits per heavy atom. The Morgan fingerprint density at radius 1 is 1.11 bits per heavy atom. The van der Waals surface area contributed by atoms with E-state index in [2.05, 4.69) is 40.2 Å². The maximum absolute atomic E-state index is 9.29. The van der Waals surface area contributed by atoms with Crippen molar-refractivity contribution in [3.63, 3.8) is 0 Å². The highest BCUT2D eigenvalue weighted by atomic mass is 79.9. The molecule has 2 nitrogen and oxygen atoms in total. The van der Waals surface area contributed by atoms with E-state index < -0.39 is 0 Å². The SMILES string of the molecule is COc1ccc(C(CCO)c2cccc(Br)c2)cc1. The standard InChI is InChI=1S/C16H17BrO2/c1-19-15-7-5-12(6-8-15)16(9-10-18)13-3-2-4-14(17)11-13/h2-8,11,16,18H,9-10H2,1H3. The van der Waals surface area contributed by atoms with Gasteiger partial charge in [-0.05, 0) is 41.8 Å². The van der Waals surface area contributed by atoms with Crippen LogP contribution in [0, 0.1) is 0 Å². The maximum atomic E-state index is 9.29. The van der Waals surface area contributed by atoms with Crippen LogP contribution >= 0.6 is 15.9 Å². The minimum atomic E-state index is 0.170. The molecule has 0 heterocycles. The number of aliphatic hydroxyl groups is 1. The van der Waals surface area contributed by atoms with Gasteiger partial charge in [0.1, 0.15) is 5.75 Å². The average molecular weight is 321 g/mol. The second-order valence-corrected chi connectivity index (χ2v) is 5.31. The van der Waals surface area contributed by atoms with Gasteiger partial charge in [-0.1, -0.05) is 40.2 Å². The van der Waals surface area contributed by atoms with Gasteiger partial charge in [-0.2, -0.15) is 0 Å². The number of ether oxygens (including phenoxy) is 1. The molecule has 2 aromatic carbocycles. The molecule has 19 heavy (non-hydrogen) atoms. The molecule has 1 N–H and O–H groups in total. The lowest BCUT2D eigenvalue weighted by molar-refractivity contribution is 0.281. The summed E-state index contributed by atoms with van der Waals surface area (Å²) in [6.07, 6.45) is 0.711. The van der Waals surface area contributed by atoms with Crippen LogP contribution in [0.1, 0.15) is 23.5 Å². The van der Waals surface area contributed by atoms with Crippen molar-refractivity contribution < 1.29 is 9.84 Å². The van der Waals surface area contributed by atoms with Gasteiger partial charge in [0.2, 0.25) is 0 Å². The first-order chi connectivity index (χ1) is 9.24. The van der Waals surface area contributed by atoms with E-state index in [1.807, 2.05) is 24.3 Å². The fourth-order valence-electron chi connectivity index (χ4n) is 2.21. The summed E-state index contributed by atoms with van der Waals surface area (Å²) in [4.78, 5) is 0. The molecule has 0 bridgehead atoms. The van der Waals surface area contributed by atoms with Crippen LogP contribution in [0.15, 0.2) is 53.0 Å². The Hall–Kier alpha value is -1.32. The second-order valence-electron chi connectivity index (χ2n) is 4.39. The minimum Gasteiger partial charge on any atom is -0.497 e. The van der Waals surface area contributed by atoms with Gasteiger partial charge < -0.3 is 9.84 Å². The lowest BCUT2D eigenvalue weighted by Gasteiger charge is -2.17. The van der Waals surface area contributed by atoms with Gasteiger partial charge in [0.15, 0.2) is 0 Å². The molecular formula is C16H17BrO2. The van der Waals surface area contributed by atoms with E-state index >= 15 is 0 Å². The normalized spacial score (nSPS) is 12.2. The molecule has 1 atom stereocenters. The van der Waals surface area contributed by atoms with Crippen molar-refractivity contribution in [3.8, 4) is 5.75 Å². The van der Waals surface area contributed by atoms with Gasteiger partial charge in [-0.15, -0.1) is 0 Å². The van der Waals surface area contributed by atoms with Gasteiger partial charge in [0.05, 0.1) is 7.11 Å². The zero-order valence-corrected chi connectivity index (χ0v) is 12.4. The summed E-state index contributed by atoms with van der Waals surface area (Å²) in [7, 11) is 1.66. The van der Waals surface area contributed by atoms with E-state index in [0.29, 0.717) is 6.42 Å². The minimum absolute atomic E-state index is 0.170. The highest BCUT2D eigenvalue weighted by molar-refractivity contribution is 9.10. The zero-order valence-electron chi connectivity index (χ0n) is 10.8. The van der Waals surface area contributed by atoms with E-state index in [1.54, 1.807) is 7.11 Å². The number of rotatable bonds is 5. The molecule has 100 valence electrons. The maximum Gasteiger partial charge on any atom is 0.118 e. The quantitative estimate of drug-likeness (QED) is 0.903. The monoisotopic (exact) mass is 320 g/mol. The predicted octanol–water partition coefficient (Wildman–Crippen LogP) is 3.97. The molecule has 2 aromatic rings. The number of halogens is 1. The topological polar surface area (TPSA) is 29.5 Å². The number of hydrogen-bond donors (Lipinski definition) is 1. The number of aliphatic hydroxyl groups excluding tert-OH is 1. The summed E-state index contributed by atoms with van der Waals surface area (Å²) in [5.41, 5.74) is 2.39. The molecular weight excluding hydrogens is 304 g/mol. The Labute approximate surface area is 122 Å². The number of hydrogen-bond acceptors (Lipinski definition) is 2. The van der Waals surface area contributed by atoms with Crippen LogP contribution in [0.2, 0.25) is 0 Å². The molecule has 3 heteroatoms. The third kappa shape index (κ3) is 3.58. The molecule has 0 aliphatic rings. The molecule has 0 aliphatic carbocycles. The Morgan fingerprint density at radius 2 is 1.84 bits per heavy atom. The van der Waals surface area contributed by atoms with Crippen molar-refractivity contribution in [2.45, 2.75) is 12.3 Å². The van der Waals surface area contributed by atoms with Gasteiger partial charge >= 0.3 is 0 Å². The van der Waals surface area contributed by atoms with Gasteiger partial charge in [0, 0.05) is 17.0 Å². The predicted molar refractivity (Wildman–Crippen MR) is 80.7 cm³/mol. The summed E-state index contributed by atoms with van der Waals surface area (Å²) in [6, 6.07) is 16.2. The summed E-state index contributed by atoms with van der Waals surface area (Å²) < 4.78 is 6.23. The largest absolute Gasteiger partial charge is 0.497 e. The number of methoxy groups -OCH3 is 1. The highest BCUT2D eigenvalue weighted by Crippen LogP contribution is 2.30. The lowest BCUT2D eigenvalue weighted by atomic mass is 9.89. The smallest absolute Gasteiger partial charge is 0.118 e. The molecule has 0 aromatic heterocycles. The van der Waals surface area contributed by atoms with Crippen LogP contribution in [-0.4, -0.2) is 18.8 Å². The molecule has 1 unspecified atom stereocenters. The molecule has 0 aliphatic heterocycles. The second kappa shape index (κ2) is 6.73. The molecule has 2 rings (SSSR count). The lowest BCUT2D eigenvalue weighted by Crippen LogP contribution is -2.03. The average Bonchev–Trinajstić information content (AvgIpc) is 2.45. The van der Waals surface area contributed by atoms with Crippen molar-refractivity contribution in [1.82, 2.24) is 0 Å². The van der Waals surface area contributed by atoms with Crippen LogP contribution in [-0.2, 0) is 0 Å². The fourth-order valence-corrected chi connectivity index (χ4v) is 2.63. The first-order valence-electron chi connectivity index (χ1n) is 6.25. The van der Waals surface area contributed by atoms with E-state index in [0.717, 1.165) is 10.2 Å². The van der Waals surface area contributed by atoms with Crippen LogP contribution < -0.4 is 4.74 Å². The Bertz CT molecular complexity index is 523. The third-order valence-electron chi connectivity index (χ3n) is 3.19. The van der Waals surface area contributed by atoms with Gasteiger partial charge in [-0.25, -0.2) is 0 Å². The van der Waals surface area contributed by atoms with Crippen LogP contribution in [0.3, 0.4) is 0 Å². The molecule has 0 saturated heterocycles. The first-order valence-corrected chi connectivity index (χ1v) is 7.04. The Balaban J connectivity index is 2.33. The van der Waals surface area contributed by atoms with Crippen LogP contribution in [0.4, 0.5) is 0 Å². The molecule has 0 fully saturated rings. The van der Waals surface area contributed by atoms with Crippen LogP contribution in [0.25, 0.3) is 0 Å². The molecule has 0 saturated carbocycles. The molecule has 0 amide bonds. The van der Waals surface area contributed by atoms with Crippen molar-refractivity contribution in [2.75, 3.05) is 13.7 Å². The Kier molecular flexibility index (Phi) is 5.00. The summed E-state index contributed by atoms with van der Waals surface area (Å²) in [5.74, 6) is 1.05. The molecule has 0 radical (unpaired) electrons. The van der Waals surface area contributed by atoms with Crippen molar-refractivity contribution >= 4 is 15.9 Å². The van der Waals surface area contributed by atoms with Crippen molar-refractivity contribution in [1.29, 1.82) is 0 Å². The van der Waals surface area contributed by atoms with E-state index in [4.69, 9.17) is 4.74 Å². The zero-order chi connectivity index (χ0) is 13.7. The first kappa shape index (κ1) is 14.1. The van der Waals surface area contributed by atoms with Gasteiger partial charge in [-0.3, -0.25) is 0 Å². The summed E-state index contributed by atoms with van der Waals surface area (Å²) in [6.45, 7) is 0.170. The van der Waals surface area contributed by atoms with Crippen molar-refractivity contribution in [3.05, 3.63) is 64.1 Å². The molecule has 0 spiro atoms.